The SMILES string of the molecule is CC(C)CCCNCc1nc2ccccc2s1. The van der Waals surface area contributed by atoms with Crippen LogP contribution in [0.3, 0.4) is 0 Å². The second kappa shape index (κ2) is 6.12. The third kappa shape index (κ3) is 3.79. The second-order valence-corrected chi connectivity index (χ2v) is 5.90. The van der Waals surface area contributed by atoms with Crippen LogP contribution < -0.4 is 5.32 Å². The Kier molecular flexibility index (Phi) is 4.51. The van der Waals surface area contributed by atoms with E-state index in [2.05, 4.69) is 42.3 Å². The topological polar surface area (TPSA) is 24.9 Å². The molecule has 1 N–H and O–H groups in total. The molecule has 0 bridgehead atoms. The summed E-state index contributed by atoms with van der Waals surface area (Å²) in [5.41, 5.74) is 1.12. The predicted octanol–water partition coefficient (Wildman–Crippen LogP) is 3.82. The zero-order valence-corrected chi connectivity index (χ0v) is 11.4. The van der Waals surface area contributed by atoms with Crippen molar-refractivity contribution in [3.63, 3.8) is 0 Å². The molecule has 17 heavy (non-hydrogen) atoms. The van der Waals surface area contributed by atoms with Crippen molar-refractivity contribution >= 4 is 21.6 Å². The van der Waals surface area contributed by atoms with Crippen molar-refractivity contribution in [2.24, 2.45) is 5.92 Å². The first-order valence-electron chi connectivity index (χ1n) is 6.31. The Morgan fingerprint density at radius 3 is 2.88 bits per heavy atom. The highest BCUT2D eigenvalue weighted by atomic mass is 32.1. The number of thiazole rings is 1. The number of nitrogens with one attached hydrogen (secondary N) is 1. The average molecular weight is 248 g/mol. The molecule has 3 heteroatoms. The lowest BCUT2D eigenvalue weighted by Crippen LogP contribution is -2.14. The van der Waals surface area contributed by atoms with Crippen LogP contribution in [0.1, 0.15) is 31.7 Å². The summed E-state index contributed by atoms with van der Waals surface area (Å²) in [5, 5.41) is 4.66. The molecule has 0 aliphatic heterocycles. The number of rotatable bonds is 6. The lowest BCUT2D eigenvalue weighted by molar-refractivity contribution is 0.527. The van der Waals surface area contributed by atoms with Gasteiger partial charge in [-0.1, -0.05) is 26.0 Å². The lowest BCUT2D eigenvalue weighted by atomic mass is 10.1. The third-order valence-corrected chi connectivity index (χ3v) is 3.79. The summed E-state index contributed by atoms with van der Waals surface area (Å²) >= 11 is 1.79. The number of hydrogen-bond donors (Lipinski definition) is 1. The summed E-state index contributed by atoms with van der Waals surface area (Å²) < 4.78 is 1.28. The molecular formula is C14H20N2S. The zero-order valence-electron chi connectivity index (χ0n) is 10.6. The van der Waals surface area contributed by atoms with E-state index in [0.717, 1.165) is 24.5 Å². The largest absolute Gasteiger partial charge is 0.310 e. The molecule has 1 aromatic heterocycles. The molecule has 0 fully saturated rings. The molecule has 2 aromatic rings. The van der Waals surface area contributed by atoms with E-state index in [4.69, 9.17) is 0 Å². The van der Waals surface area contributed by atoms with Gasteiger partial charge in [0.05, 0.1) is 10.2 Å². The molecule has 0 aliphatic rings. The van der Waals surface area contributed by atoms with E-state index in [1.807, 2.05) is 6.07 Å². The first-order valence-corrected chi connectivity index (χ1v) is 7.12. The molecular weight excluding hydrogens is 228 g/mol. The van der Waals surface area contributed by atoms with Crippen LogP contribution in [-0.2, 0) is 6.54 Å². The van der Waals surface area contributed by atoms with E-state index in [1.165, 1.54) is 22.5 Å². The molecule has 2 nitrogen and oxygen atoms in total. The van der Waals surface area contributed by atoms with E-state index in [1.54, 1.807) is 11.3 Å². The molecule has 0 amide bonds. The van der Waals surface area contributed by atoms with Crippen molar-refractivity contribution in [1.82, 2.24) is 10.3 Å². The fourth-order valence-corrected chi connectivity index (χ4v) is 2.76. The number of benzene rings is 1. The standard InChI is InChI=1S/C14H20N2S/c1-11(2)6-5-9-15-10-14-16-12-7-3-4-8-13(12)17-14/h3-4,7-8,11,15H,5-6,9-10H2,1-2H3. The van der Waals surface area contributed by atoms with Crippen LogP contribution >= 0.6 is 11.3 Å². The third-order valence-electron chi connectivity index (χ3n) is 2.75. The maximum atomic E-state index is 4.60. The van der Waals surface area contributed by atoms with Crippen LogP contribution in [-0.4, -0.2) is 11.5 Å². The average Bonchev–Trinajstić information content (AvgIpc) is 2.70. The molecule has 1 aromatic carbocycles. The van der Waals surface area contributed by atoms with Crippen LogP contribution in [0.4, 0.5) is 0 Å². The van der Waals surface area contributed by atoms with Gasteiger partial charge in [0, 0.05) is 6.54 Å². The first-order chi connectivity index (χ1) is 8.25. The number of aromatic nitrogens is 1. The number of para-hydroxylation sites is 1. The Hall–Kier alpha value is -0.930. The smallest absolute Gasteiger partial charge is 0.108 e. The van der Waals surface area contributed by atoms with Gasteiger partial charge < -0.3 is 5.32 Å². The minimum atomic E-state index is 0.805. The molecule has 2 rings (SSSR count). The molecule has 0 spiro atoms. The van der Waals surface area contributed by atoms with Crippen molar-refractivity contribution in [3.05, 3.63) is 29.3 Å². The van der Waals surface area contributed by atoms with Crippen molar-refractivity contribution < 1.29 is 0 Å². The Morgan fingerprint density at radius 1 is 1.29 bits per heavy atom. The Bertz CT molecular complexity index is 429. The summed E-state index contributed by atoms with van der Waals surface area (Å²) in [6, 6.07) is 8.33. The fourth-order valence-electron chi connectivity index (χ4n) is 1.83. The molecule has 0 aliphatic carbocycles. The van der Waals surface area contributed by atoms with Crippen molar-refractivity contribution in [2.75, 3.05) is 6.54 Å². The Labute approximate surface area is 107 Å². The Balaban J connectivity index is 1.79. The van der Waals surface area contributed by atoms with Gasteiger partial charge in [-0.15, -0.1) is 11.3 Å². The summed E-state index contributed by atoms with van der Waals surface area (Å²) in [6.45, 7) is 6.53. The van der Waals surface area contributed by atoms with E-state index >= 15 is 0 Å². The van der Waals surface area contributed by atoms with Gasteiger partial charge in [-0.3, -0.25) is 0 Å². The van der Waals surface area contributed by atoms with E-state index in [0.29, 0.717) is 0 Å². The van der Waals surface area contributed by atoms with Gasteiger partial charge >= 0.3 is 0 Å². The van der Waals surface area contributed by atoms with Crippen molar-refractivity contribution in [3.8, 4) is 0 Å². The van der Waals surface area contributed by atoms with Crippen LogP contribution in [0.25, 0.3) is 10.2 Å². The maximum absolute atomic E-state index is 4.60. The van der Waals surface area contributed by atoms with Crippen LogP contribution in [0.5, 0.6) is 0 Å². The van der Waals surface area contributed by atoms with Crippen LogP contribution in [0.2, 0.25) is 0 Å². The van der Waals surface area contributed by atoms with Gasteiger partial charge in [0.15, 0.2) is 0 Å². The van der Waals surface area contributed by atoms with E-state index in [9.17, 15) is 0 Å². The minimum absolute atomic E-state index is 0.805. The Morgan fingerprint density at radius 2 is 2.12 bits per heavy atom. The number of nitrogens with zero attached hydrogens (tertiary/aromatic N) is 1. The number of fused-ring (bicyclic) bond motifs is 1. The monoisotopic (exact) mass is 248 g/mol. The van der Waals surface area contributed by atoms with Gasteiger partial charge in [0.1, 0.15) is 5.01 Å². The van der Waals surface area contributed by atoms with Crippen molar-refractivity contribution in [1.29, 1.82) is 0 Å². The van der Waals surface area contributed by atoms with Gasteiger partial charge in [-0.05, 0) is 37.4 Å². The highest BCUT2D eigenvalue weighted by molar-refractivity contribution is 7.18. The number of hydrogen-bond acceptors (Lipinski definition) is 3. The fraction of sp³-hybridized carbons (Fsp3) is 0.500. The summed E-state index contributed by atoms with van der Waals surface area (Å²) in [4.78, 5) is 4.60. The highest BCUT2D eigenvalue weighted by Crippen LogP contribution is 2.21. The molecule has 0 unspecified atom stereocenters. The normalized spacial score (nSPS) is 11.5. The first kappa shape index (κ1) is 12.5. The molecule has 0 atom stereocenters. The van der Waals surface area contributed by atoms with E-state index in [-0.39, 0.29) is 0 Å². The van der Waals surface area contributed by atoms with Gasteiger partial charge in [-0.2, -0.15) is 0 Å². The summed E-state index contributed by atoms with van der Waals surface area (Å²) in [7, 11) is 0. The summed E-state index contributed by atoms with van der Waals surface area (Å²) in [5.74, 6) is 0.805. The lowest BCUT2D eigenvalue weighted by Gasteiger charge is -2.04. The highest BCUT2D eigenvalue weighted by Gasteiger charge is 2.02. The van der Waals surface area contributed by atoms with Crippen LogP contribution in [0.15, 0.2) is 24.3 Å². The predicted molar refractivity (Wildman–Crippen MR) is 75.4 cm³/mol. The molecule has 1 heterocycles. The molecule has 0 saturated heterocycles. The van der Waals surface area contributed by atoms with Crippen molar-refractivity contribution in [2.45, 2.75) is 33.2 Å². The van der Waals surface area contributed by atoms with Gasteiger partial charge in [0.25, 0.3) is 0 Å². The van der Waals surface area contributed by atoms with Crippen LogP contribution in [0, 0.1) is 5.92 Å². The zero-order chi connectivity index (χ0) is 12.1. The second-order valence-electron chi connectivity index (χ2n) is 4.79. The molecule has 92 valence electrons. The molecule has 0 radical (unpaired) electrons. The van der Waals surface area contributed by atoms with Gasteiger partial charge in [0.2, 0.25) is 0 Å². The summed E-state index contributed by atoms with van der Waals surface area (Å²) in [6.07, 6.45) is 2.55. The van der Waals surface area contributed by atoms with Gasteiger partial charge in [-0.25, -0.2) is 4.98 Å². The minimum Gasteiger partial charge on any atom is -0.310 e. The van der Waals surface area contributed by atoms with E-state index < -0.39 is 0 Å². The molecule has 0 saturated carbocycles. The maximum Gasteiger partial charge on any atom is 0.108 e. The quantitative estimate of drug-likeness (QED) is 0.786.